The second-order valence-corrected chi connectivity index (χ2v) is 5.91. The fraction of sp³-hybridized carbons (Fsp3) is 0.0476. The molecule has 0 spiro atoms. The van der Waals surface area contributed by atoms with Crippen LogP contribution in [0.4, 0.5) is 0 Å². The van der Waals surface area contributed by atoms with Gasteiger partial charge in [-0.15, -0.1) is 0 Å². The molecule has 134 valence electrons. The molecule has 1 aliphatic rings. The zero-order chi connectivity index (χ0) is 18.6. The number of rotatable bonds is 4. The Labute approximate surface area is 155 Å². The zero-order valence-electron chi connectivity index (χ0n) is 14.3. The van der Waals surface area contributed by atoms with Crippen LogP contribution < -0.4 is 14.9 Å². The number of fused-ring (bicyclic) bond motifs is 2. The summed E-state index contributed by atoms with van der Waals surface area (Å²) in [5.74, 6) is 0.862. The van der Waals surface area contributed by atoms with E-state index in [0.717, 1.165) is 22.1 Å². The Morgan fingerprint density at radius 2 is 1.81 bits per heavy atom. The van der Waals surface area contributed by atoms with E-state index in [1.54, 1.807) is 18.2 Å². The van der Waals surface area contributed by atoms with E-state index in [9.17, 15) is 9.90 Å². The predicted octanol–water partition coefficient (Wildman–Crippen LogP) is 3.70. The summed E-state index contributed by atoms with van der Waals surface area (Å²) < 4.78 is 10.6. The average Bonchev–Trinajstić information content (AvgIpc) is 3.15. The van der Waals surface area contributed by atoms with Crippen molar-refractivity contribution in [3.8, 4) is 17.2 Å². The number of phenols is 1. The Morgan fingerprint density at radius 3 is 2.67 bits per heavy atom. The largest absolute Gasteiger partial charge is 0.507 e. The standard InChI is InChI=1S/C21H16N2O4/c24-18-12-16-6-2-1-5-15(16)11-17(18)21(25)23-22-9-3-4-14-7-8-19-20(10-14)27-13-26-19/h1-12,24H,13H2,(H,23,25). The first kappa shape index (κ1) is 16.7. The third-order valence-electron chi connectivity index (χ3n) is 4.12. The van der Waals surface area contributed by atoms with Gasteiger partial charge < -0.3 is 14.6 Å². The molecule has 0 saturated heterocycles. The van der Waals surface area contributed by atoms with Crippen molar-refractivity contribution < 1.29 is 19.4 Å². The monoisotopic (exact) mass is 360 g/mol. The minimum absolute atomic E-state index is 0.0858. The molecule has 27 heavy (non-hydrogen) atoms. The number of nitrogens with one attached hydrogen (secondary N) is 1. The molecule has 0 aliphatic carbocycles. The van der Waals surface area contributed by atoms with Gasteiger partial charge >= 0.3 is 0 Å². The second-order valence-electron chi connectivity index (χ2n) is 5.91. The number of aromatic hydroxyl groups is 1. The summed E-state index contributed by atoms with van der Waals surface area (Å²) in [6, 6.07) is 16.3. The number of hydrogen-bond donors (Lipinski definition) is 2. The van der Waals surface area contributed by atoms with E-state index in [-0.39, 0.29) is 18.1 Å². The van der Waals surface area contributed by atoms with Gasteiger partial charge in [0.05, 0.1) is 5.56 Å². The molecule has 1 amide bonds. The number of phenolic OH excluding ortho intramolecular Hbond substituents is 1. The predicted molar refractivity (Wildman–Crippen MR) is 103 cm³/mol. The number of nitrogens with zero attached hydrogens (tertiary/aromatic N) is 1. The summed E-state index contributed by atoms with van der Waals surface area (Å²) in [6.45, 7) is 0.234. The highest BCUT2D eigenvalue weighted by Gasteiger charge is 2.12. The van der Waals surface area contributed by atoms with Crippen LogP contribution in [0.25, 0.3) is 16.8 Å². The first-order valence-electron chi connectivity index (χ1n) is 8.32. The SMILES string of the molecule is O=C(NN=CC=Cc1ccc2c(c1)OCO2)c1cc2ccccc2cc1O. The van der Waals surface area contributed by atoms with Gasteiger partial charge in [-0.05, 0) is 46.7 Å². The fourth-order valence-corrected chi connectivity index (χ4v) is 2.78. The Bertz CT molecular complexity index is 1070. The van der Waals surface area contributed by atoms with Crippen LogP contribution in [0.15, 0.2) is 65.8 Å². The lowest BCUT2D eigenvalue weighted by Crippen LogP contribution is -2.17. The van der Waals surface area contributed by atoms with Crippen LogP contribution in [0.2, 0.25) is 0 Å². The number of allylic oxidation sites excluding steroid dienone is 1. The van der Waals surface area contributed by atoms with E-state index in [2.05, 4.69) is 10.5 Å². The van der Waals surface area contributed by atoms with E-state index >= 15 is 0 Å². The van der Waals surface area contributed by atoms with Gasteiger partial charge in [0.2, 0.25) is 6.79 Å². The maximum absolute atomic E-state index is 12.2. The molecule has 0 bridgehead atoms. The normalized spacial score (nSPS) is 12.9. The molecule has 1 heterocycles. The second kappa shape index (κ2) is 7.21. The summed E-state index contributed by atoms with van der Waals surface area (Å²) in [5.41, 5.74) is 3.50. The van der Waals surface area contributed by atoms with E-state index in [4.69, 9.17) is 9.47 Å². The van der Waals surface area contributed by atoms with Crippen molar-refractivity contribution in [1.82, 2.24) is 5.43 Å². The summed E-state index contributed by atoms with van der Waals surface area (Å²) in [7, 11) is 0. The van der Waals surface area contributed by atoms with Crippen LogP contribution >= 0.6 is 0 Å². The first-order valence-corrected chi connectivity index (χ1v) is 8.32. The molecule has 1 aliphatic heterocycles. The highest BCUT2D eigenvalue weighted by molar-refractivity contribution is 6.01. The van der Waals surface area contributed by atoms with Gasteiger partial charge in [0, 0.05) is 6.21 Å². The number of carbonyl (C=O) groups is 1. The molecule has 6 nitrogen and oxygen atoms in total. The highest BCUT2D eigenvalue weighted by Crippen LogP contribution is 2.32. The Balaban J connectivity index is 1.41. The highest BCUT2D eigenvalue weighted by atomic mass is 16.7. The van der Waals surface area contributed by atoms with Crippen molar-refractivity contribution in [3.63, 3.8) is 0 Å². The van der Waals surface area contributed by atoms with Crippen LogP contribution in [0.3, 0.4) is 0 Å². The van der Waals surface area contributed by atoms with Crippen molar-refractivity contribution >= 4 is 29.0 Å². The lowest BCUT2D eigenvalue weighted by molar-refractivity contribution is 0.0952. The van der Waals surface area contributed by atoms with E-state index in [1.165, 1.54) is 6.21 Å². The van der Waals surface area contributed by atoms with Crippen LogP contribution in [-0.4, -0.2) is 24.0 Å². The molecule has 6 heteroatoms. The molecule has 4 rings (SSSR count). The fourth-order valence-electron chi connectivity index (χ4n) is 2.78. The molecular formula is C21H16N2O4. The maximum atomic E-state index is 12.2. The van der Waals surface area contributed by atoms with Crippen LogP contribution in [0.5, 0.6) is 17.2 Å². The van der Waals surface area contributed by atoms with Gasteiger partial charge in [-0.3, -0.25) is 4.79 Å². The number of hydrogen-bond acceptors (Lipinski definition) is 5. The third-order valence-corrected chi connectivity index (χ3v) is 4.12. The quantitative estimate of drug-likeness (QED) is 0.549. The molecule has 0 fully saturated rings. The maximum Gasteiger partial charge on any atom is 0.275 e. The van der Waals surface area contributed by atoms with Gasteiger partial charge in [0.25, 0.3) is 5.91 Å². The lowest BCUT2D eigenvalue weighted by atomic mass is 10.1. The van der Waals surface area contributed by atoms with Gasteiger partial charge in [-0.25, -0.2) is 5.43 Å². The Kier molecular flexibility index (Phi) is 4.45. The van der Waals surface area contributed by atoms with Crippen LogP contribution in [-0.2, 0) is 0 Å². The molecule has 0 saturated carbocycles. The van der Waals surface area contributed by atoms with Crippen molar-refractivity contribution in [3.05, 3.63) is 71.8 Å². The van der Waals surface area contributed by atoms with E-state index in [1.807, 2.05) is 48.5 Å². The molecule has 3 aromatic rings. The summed E-state index contributed by atoms with van der Waals surface area (Å²) in [6.07, 6.45) is 4.98. The van der Waals surface area contributed by atoms with Crippen molar-refractivity contribution in [2.75, 3.05) is 6.79 Å². The van der Waals surface area contributed by atoms with E-state index in [0.29, 0.717) is 5.75 Å². The summed E-state index contributed by atoms with van der Waals surface area (Å²) in [4.78, 5) is 12.2. The molecule has 0 atom stereocenters. The third kappa shape index (κ3) is 3.59. The Hall–Kier alpha value is -3.80. The number of amides is 1. The van der Waals surface area contributed by atoms with Crippen molar-refractivity contribution in [2.45, 2.75) is 0 Å². The van der Waals surface area contributed by atoms with Gasteiger partial charge in [0.1, 0.15) is 5.75 Å². The topological polar surface area (TPSA) is 80.2 Å². The molecule has 0 aromatic heterocycles. The Morgan fingerprint density at radius 1 is 1.04 bits per heavy atom. The summed E-state index contributed by atoms with van der Waals surface area (Å²) >= 11 is 0. The molecular weight excluding hydrogens is 344 g/mol. The number of carbonyl (C=O) groups excluding carboxylic acids is 1. The number of hydrazone groups is 1. The number of benzene rings is 3. The van der Waals surface area contributed by atoms with Crippen molar-refractivity contribution in [2.24, 2.45) is 5.10 Å². The van der Waals surface area contributed by atoms with Gasteiger partial charge in [-0.2, -0.15) is 5.10 Å². The minimum atomic E-state index is -0.481. The van der Waals surface area contributed by atoms with Gasteiger partial charge in [-0.1, -0.05) is 36.4 Å². The molecule has 0 radical (unpaired) electrons. The molecule has 0 unspecified atom stereocenters. The number of ether oxygens (including phenoxy) is 2. The van der Waals surface area contributed by atoms with E-state index < -0.39 is 5.91 Å². The van der Waals surface area contributed by atoms with Crippen LogP contribution in [0.1, 0.15) is 15.9 Å². The smallest absolute Gasteiger partial charge is 0.275 e. The zero-order valence-corrected chi connectivity index (χ0v) is 14.3. The minimum Gasteiger partial charge on any atom is -0.507 e. The molecule has 3 aromatic carbocycles. The van der Waals surface area contributed by atoms with Gasteiger partial charge in [0.15, 0.2) is 11.5 Å². The average molecular weight is 360 g/mol. The summed E-state index contributed by atoms with van der Waals surface area (Å²) in [5, 5.41) is 15.7. The van der Waals surface area contributed by atoms with Crippen molar-refractivity contribution in [1.29, 1.82) is 0 Å². The first-order chi connectivity index (χ1) is 13.2. The molecule has 2 N–H and O–H groups in total. The van der Waals surface area contributed by atoms with Crippen LogP contribution in [0, 0.1) is 0 Å². The lowest BCUT2D eigenvalue weighted by Gasteiger charge is -2.05.